The zero-order valence-corrected chi connectivity index (χ0v) is 88.1. The first-order chi connectivity index (χ1) is 0. The number of hydrogen-bond donors (Lipinski definition) is 0. The normalized spacial score (nSPS) is 0. The topological polar surface area (TPSA) is 1710 Å². The van der Waals surface area contributed by atoms with E-state index in [9.17, 15) is 0 Å². The van der Waals surface area contributed by atoms with E-state index in [4.69, 9.17) is 0 Å². The van der Waals surface area contributed by atoms with E-state index in [-0.39, 0.29) is 1020 Å². The fourth-order valence-corrected chi connectivity index (χ4v) is 0. The zero-order chi connectivity index (χ0) is 0. The van der Waals surface area contributed by atoms with Gasteiger partial charge in [0.1, 0.15) is 0 Å². The Balaban J connectivity index is 0. The molecule has 0 aliphatic rings. The Hall–Kier alpha value is 20.6. The molecular formula is Mg30O60-60. The molecular weight excluding hydrogens is 1690 g/mol. The third-order valence-electron chi connectivity index (χ3n) is 0. The van der Waals surface area contributed by atoms with Crippen molar-refractivity contribution in [1.82, 2.24) is 0 Å². The van der Waals surface area contributed by atoms with Gasteiger partial charge < -0.3 is 329 Å². The van der Waals surface area contributed by atoms with Gasteiger partial charge in [0.05, 0.1) is 0 Å². The molecule has 0 aromatic rings. The summed E-state index contributed by atoms with van der Waals surface area (Å²) in [7, 11) is 0. The molecule has 0 spiro atoms. The van der Waals surface area contributed by atoms with Gasteiger partial charge in [-0.2, -0.15) is 0 Å². The molecule has 90 heavy (non-hydrogen) atoms. The summed E-state index contributed by atoms with van der Waals surface area (Å²) in [5, 5.41) is 0. The van der Waals surface area contributed by atoms with E-state index in [0.717, 1.165) is 0 Å². The van der Waals surface area contributed by atoms with Crippen molar-refractivity contribution in [3.63, 3.8) is 0 Å². The molecule has 0 bridgehead atoms. The van der Waals surface area contributed by atoms with Crippen LogP contribution >= 0.6 is 0 Å². The van der Waals surface area contributed by atoms with Gasteiger partial charge in [-0.1, -0.05) is 0 Å². The average Bonchev–Trinajstić information content (AvgIpc) is 0. The van der Waals surface area contributed by atoms with Crippen molar-refractivity contribution in [2.45, 2.75) is 0 Å². The van der Waals surface area contributed by atoms with Crippen LogP contribution in [0.3, 0.4) is 0 Å². The van der Waals surface area contributed by atoms with E-state index >= 15 is 0 Å². The Morgan fingerprint density at radius 1 is 0.0222 bits per heavy atom. The van der Waals surface area contributed by atoms with Crippen LogP contribution in [-0.2, 0) is 329 Å². The van der Waals surface area contributed by atoms with E-state index in [0.29, 0.717) is 0 Å². The maximum Gasteiger partial charge on any atom is 2.00 e. The maximum absolute atomic E-state index is 0. The van der Waals surface area contributed by atoms with E-state index < -0.39 is 0 Å². The van der Waals surface area contributed by atoms with E-state index in [1.54, 1.807) is 0 Å². The predicted molar refractivity (Wildman–Crippen MR) is 214 cm³/mol. The molecule has 0 heterocycles. The van der Waals surface area contributed by atoms with Crippen molar-refractivity contribution >= 4 is 692 Å². The second kappa shape index (κ2) is 3050. The minimum Gasteiger partial charge on any atom is -2.00 e. The monoisotopic (exact) mass is 1680 g/mol. The smallest absolute Gasteiger partial charge is 2.00 e. The summed E-state index contributed by atoms with van der Waals surface area (Å²) in [6.45, 7) is 0. The third kappa shape index (κ3) is 2970. The largest absolute Gasteiger partial charge is 2.00 e. The summed E-state index contributed by atoms with van der Waals surface area (Å²) in [6.07, 6.45) is 0. The van der Waals surface area contributed by atoms with Crippen LogP contribution in [0.25, 0.3) is 0 Å². The molecule has 0 aliphatic carbocycles. The molecule has 0 aromatic heterocycles. The van der Waals surface area contributed by atoms with Gasteiger partial charge in [-0.05, 0) is 0 Å². The van der Waals surface area contributed by atoms with Crippen LogP contribution < -0.4 is 0 Å². The Kier molecular flexibility index (Phi) is 106000. The number of rotatable bonds is 0. The summed E-state index contributed by atoms with van der Waals surface area (Å²) in [5.41, 5.74) is 0. The number of hydrogen-bond acceptors (Lipinski definition) is 0. The van der Waals surface area contributed by atoms with Gasteiger partial charge in [0, 0.05) is 0 Å². The minimum atomic E-state index is 0. The maximum atomic E-state index is 0. The van der Waals surface area contributed by atoms with E-state index in [1.807, 2.05) is 0 Å². The van der Waals surface area contributed by atoms with Gasteiger partial charge in [0.25, 0.3) is 0 Å². The molecule has 480 valence electrons. The molecule has 0 amide bonds. The Bertz CT molecular complexity index is 82.6. The molecule has 0 saturated carbocycles. The van der Waals surface area contributed by atoms with Crippen LogP contribution in [0.15, 0.2) is 0 Å². The van der Waals surface area contributed by atoms with E-state index in [2.05, 4.69) is 0 Å². The first kappa shape index (κ1) is 3130. The molecule has 0 atom stereocenters. The van der Waals surface area contributed by atoms with Gasteiger partial charge in [-0.3, -0.25) is 0 Å². The van der Waals surface area contributed by atoms with Crippen LogP contribution in [0, 0.1) is 0 Å². The van der Waals surface area contributed by atoms with Crippen molar-refractivity contribution in [1.29, 1.82) is 0 Å². The molecule has 60 nitrogen and oxygen atoms in total. The van der Waals surface area contributed by atoms with Gasteiger partial charge in [0.2, 0.25) is 0 Å². The van der Waals surface area contributed by atoms with Crippen molar-refractivity contribution in [3.8, 4) is 0 Å². The summed E-state index contributed by atoms with van der Waals surface area (Å²) in [6, 6.07) is 0. The van der Waals surface area contributed by atoms with Crippen molar-refractivity contribution in [3.05, 3.63) is 0 Å². The molecule has 0 rings (SSSR count). The molecule has 0 saturated heterocycles. The van der Waals surface area contributed by atoms with Gasteiger partial charge in [-0.25, -0.2) is 0 Å². The summed E-state index contributed by atoms with van der Waals surface area (Å²) >= 11 is 0. The van der Waals surface area contributed by atoms with Crippen molar-refractivity contribution < 1.29 is 329 Å². The average molecular weight is 1690 g/mol. The molecule has 0 N–H and O–H groups in total. The second-order valence-electron chi connectivity index (χ2n) is 0. The van der Waals surface area contributed by atoms with Crippen LogP contribution in [0.4, 0.5) is 0 Å². The Labute approximate surface area is 998 Å². The third-order valence-corrected chi connectivity index (χ3v) is 0. The molecule has 0 fully saturated rings. The molecule has 0 aromatic carbocycles. The van der Waals surface area contributed by atoms with Gasteiger partial charge in [0.15, 0.2) is 0 Å². The summed E-state index contributed by atoms with van der Waals surface area (Å²) < 4.78 is 0. The van der Waals surface area contributed by atoms with Crippen molar-refractivity contribution in [2.75, 3.05) is 0 Å². The van der Waals surface area contributed by atoms with Crippen LogP contribution in [0.1, 0.15) is 0 Å². The standard InChI is InChI=1S/30Mg.60O/q30*+2;60*-2. The van der Waals surface area contributed by atoms with E-state index in [1.165, 1.54) is 0 Å². The SMILES string of the molecule is [Mg+2].[Mg+2].[Mg+2].[Mg+2].[Mg+2].[Mg+2].[Mg+2].[Mg+2].[Mg+2].[Mg+2].[Mg+2].[Mg+2].[Mg+2].[Mg+2].[Mg+2].[Mg+2].[Mg+2].[Mg+2].[Mg+2].[Mg+2].[Mg+2].[Mg+2].[Mg+2].[Mg+2].[Mg+2].[Mg+2].[Mg+2].[Mg+2].[Mg+2].[Mg+2].[O-2].[O-2].[O-2].[O-2].[O-2].[O-2].[O-2].[O-2].[O-2].[O-2].[O-2].[O-2].[O-2].[O-2].[O-2].[O-2].[O-2].[O-2].[O-2].[O-2].[O-2].[O-2].[O-2].[O-2].[O-2].[O-2].[O-2].[O-2].[O-2].[O-2].[O-2].[O-2].[O-2].[O-2].[O-2].[O-2].[O-2].[O-2].[O-2].[O-2].[O-2].[O-2].[O-2].[O-2].[O-2].[O-2].[O-2].[O-2].[O-2].[O-2].[O-2].[O-2].[O-2].[O-2].[O-2].[O-2].[O-2].[O-2].[O-2].[O-2]. The van der Waals surface area contributed by atoms with Crippen LogP contribution in [-0.4, -0.2) is 692 Å². The van der Waals surface area contributed by atoms with Gasteiger partial charge >= 0.3 is 692 Å². The Morgan fingerprint density at radius 3 is 0.0222 bits per heavy atom. The fourth-order valence-electron chi connectivity index (χ4n) is 0. The zero-order valence-electron chi connectivity index (χ0n) is 45.7. The molecule has 0 aliphatic heterocycles. The van der Waals surface area contributed by atoms with Crippen LogP contribution in [0.2, 0.25) is 0 Å². The minimum absolute atomic E-state index is 0. The first-order valence-corrected chi connectivity index (χ1v) is 0. The fraction of sp³-hybridized carbons (Fsp3) is 0. The quantitative estimate of drug-likeness (QED) is 0.204. The predicted octanol–water partition coefficient (Wildman–Crippen LogP) is -18.6. The second-order valence-corrected chi connectivity index (χ2v) is 0. The van der Waals surface area contributed by atoms with Crippen LogP contribution in [0.5, 0.6) is 0 Å². The summed E-state index contributed by atoms with van der Waals surface area (Å²) in [4.78, 5) is 0. The van der Waals surface area contributed by atoms with Crippen molar-refractivity contribution in [2.24, 2.45) is 0 Å². The first-order valence-electron chi connectivity index (χ1n) is 0. The molecule has 90 heteroatoms. The van der Waals surface area contributed by atoms with Gasteiger partial charge in [-0.15, -0.1) is 0 Å². The molecule has 0 radical (unpaired) electrons. The molecule has 0 unspecified atom stereocenters. The Morgan fingerprint density at radius 2 is 0.0222 bits per heavy atom. The summed E-state index contributed by atoms with van der Waals surface area (Å²) in [5.74, 6) is 0.